The number of azide groups is 1. The fourth-order valence-electron chi connectivity index (χ4n) is 5.78. The van der Waals surface area contributed by atoms with Gasteiger partial charge in [-0.2, -0.15) is 0 Å². The van der Waals surface area contributed by atoms with Gasteiger partial charge >= 0.3 is 5.69 Å². The lowest BCUT2D eigenvalue weighted by Gasteiger charge is -2.45. The molecule has 45 heavy (non-hydrogen) atoms. The number of H-pyrrole nitrogens is 1. The Hall–Kier alpha value is -3.26. The first kappa shape index (κ1) is 34.6. The lowest BCUT2D eigenvalue weighted by atomic mass is 10.1. The lowest BCUT2D eigenvalue weighted by molar-refractivity contribution is -0.0372. The Morgan fingerprint density at radius 2 is 1.56 bits per heavy atom. The number of hydrogen-bond donors (Lipinski definition) is 1. The molecule has 0 unspecified atom stereocenters. The van der Waals surface area contributed by atoms with Gasteiger partial charge in [-0.05, 0) is 46.0 Å². The second-order valence-corrected chi connectivity index (χ2v) is 23.5. The molecule has 0 bridgehead atoms. The number of ether oxygens (including phenoxy) is 1. The number of hydrogen-bond acceptors (Lipinski definition) is 6. The summed E-state index contributed by atoms with van der Waals surface area (Å²) in [6.07, 6.45) is -0.234. The predicted octanol–water partition coefficient (Wildman–Crippen LogP) is 5.78. The molecule has 12 heteroatoms. The normalized spacial score (nSPS) is 20.1. The summed E-state index contributed by atoms with van der Waals surface area (Å²) in [7, 11) is -5.29. The summed E-state index contributed by atoms with van der Waals surface area (Å²) in [4.78, 5) is 30.8. The van der Waals surface area contributed by atoms with Crippen molar-refractivity contribution >= 4 is 27.0 Å². The number of benzene rings is 2. The van der Waals surface area contributed by atoms with Crippen molar-refractivity contribution in [3.63, 3.8) is 0 Å². The topological polar surface area (TPSA) is 131 Å². The molecule has 1 saturated heterocycles. The molecule has 0 aliphatic carbocycles. The molecule has 1 fully saturated rings. The van der Waals surface area contributed by atoms with Gasteiger partial charge in [0.05, 0.1) is 18.2 Å². The first-order valence-electron chi connectivity index (χ1n) is 15.5. The average Bonchev–Trinajstić information content (AvgIpc) is 3.38. The maximum Gasteiger partial charge on any atom is 0.330 e. The Morgan fingerprint density at radius 1 is 1.00 bits per heavy atom. The van der Waals surface area contributed by atoms with Gasteiger partial charge in [0.15, 0.2) is 8.32 Å². The number of nitrogens with one attached hydrogen (secondary N) is 1. The highest BCUT2D eigenvalue weighted by molar-refractivity contribution is 6.99. The molecule has 1 aliphatic rings. The zero-order valence-corrected chi connectivity index (χ0v) is 29.9. The zero-order valence-electron chi connectivity index (χ0n) is 27.9. The van der Waals surface area contributed by atoms with Crippen molar-refractivity contribution in [2.45, 2.75) is 103 Å². The van der Waals surface area contributed by atoms with Gasteiger partial charge in [0.2, 0.25) is 0 Å². The summed E-state index contributed by atoms with van der Waals surface area (Å²) >= 11 is 0. The van der Waals surface area contributed by atoms with Crippen LogP contribution in [0.15, 0.2) is 81.6 Å². The van der Waals surface area contributed by atoms with Crippen LogP contribution in [0.2, 0.25) is 23.2 Å². The van der Waals surface area contributed by atoms with E-state index in [2.05, 4.69) is 93.9 Å². The van der Waals surface area contributed by atoms with E-state index in [-0.39, 0.29) is 16.7 Å². The van der Waals surface area contributed by atoms with Gasteiger partial charge in [-0.3, -0.25) is 14.3 Å². The SMILES string of the molecule is Cc1cn([C@H]2C[C@H](O[Si](c3ccccc3)(c3ccccc3)C(C)(C)C)[C@@H]([C@H](CO[Si](C)(C)C(C)(C)C)N=[N+]=[N-])O2)c(=O)[nH]c1=O. The van der Waals surface area contributed by atoms with E-state index >= 15 is 0 Å². The molecule has 10 nitrogen and oxygen atoms in total. The van der Waals surface area contributed by atoms with Crippen LogP contribution in [-0.4, -0.2) is 51.0 Å². The Balaban J connectivity index is 1.87. The maximum atomic E-state index is 13.0. The van der Waals surface area contributed by atoms with E-state index in [9.17, 15) is 15.1 Å². The van der Waals surface area contributed by atoms with E-state index in [4.69, 9.17) is 13.6 Å². The number of aryl methyl sites for hydroxylation is 1. The molecule has 2 heterocycles. The van der Waals surface area contributed by atoms with Crippen LogP contribution in [-0.2, 0) is 13.6 Å². The van der Waals surface area contributed by atoms with Crippen molar-refractivity contribution in [2.75, 3.05) is 6.61 Å². The summed E-state index contributed by atoms with van der Waals surface area (Å²) in [5, 5.41) is 6.02. The van der Waals surface area contributed by atoms with E-state index in [0.29, 0.717) is 12.0 Å². The fourth-order valence-corrected chi connectivity index (χ4v) is 11.5. The predicted molar refractivity (Wildman–Crippen MR) is 183 cm³/mol. The Labute approximate surface area is 267 Å². The van der Waals surface area contributed by atoms with Crippen LogP contribution in [0.5, 0.6) is 0 Å². The quantitative estimate of drug-likeness (QED) is 0.129. The Kier molecular flexibility index (Phi) is 10.2. The Morgan fingerprint density at radius 3 is 2.04 bits per heavy atom. The van der Waals surface area contributed by atoms with Gasteiger partial charge in [0, 0.05) is 29.7 Å². The van der Waals surface area contributed by atoms with E-state index in [0.717, 1.165) is 10.4 Å². The van der Waals surface area contributed by atoms with Crippen molar-refractivity contribution in [3.05, 3.63) is 104 Å². The van der Waals surface area contributed by atoms with Crippen LogP contribution in [0.3, 0.4) is 0 Å². The molecule has 1 N–H and O–H groups in total. The van der Waals surface area contributed by atoms with Crippen LogP contribution in [0.25, 0.3) is 10.4 Å². The monoisotopic (exact) mass is 649 g/mol. The van der Waals surface area contributed by atoms with Gasteiger partial charge in [-0.25, -0.2) is 4.79 Å². The first-order valence-corrected chi connectivity index (χ1v) is 20.3. The van der Waals surface area contributed by atoms with Gasteiger partial charge < -0.3 is 13.6 Å². The second-order valence-electron chi connectivity index (χ2n) is 14.4. The molecule has 1 aromatic heterocycles. The standard InChI is InChI=1S/C33H47N5O5Si2/c1-23-21-38(31(40)35-30(23)39)28-20-27(29(42-28)26(36-37-34)22-41-44(8,9)32(2,3)4)43-45(33(5,6)7,24-16-12-10-13-17-24)25-18-14-11-15-19-25/h10-19,21,26-29H,20,22H2,1-9H3,(H,35,39,40)/t26-,27-,28+,29+/m0/s1. The van der Waals surface area contributed by atoms with Crippen LogP contribution in [0.1, 0.15) is 59.8 Å². The average molecular weight is 650 g/mol. The molecule has 3 aromatic rings. The molecule has 4 atom stereocenters. The van der Waals surface area contributed by atoms with Crippen LogP contribution in [0, 0.1) is 6.92 Å². The Bertz CT molecular complexity index is 1580. The smallest absolute Gasteiger partial charge is 0.330 e. The van der Waals surface area contributed by atoms with Crippen molar-refractivity contribution in [1.82, 2.24) is 9.55 Å². The molecule has 0 saturated carbocycles. The molecule has 242 valence electrons. The minimum atomic E-state index is -3.07. The first-order chi connectivity index (χ1) is 21.0. The second kappa shape index (κ2) is 13.2. The number of aromatic amines is 1. The van der Waals surface area contributed by atoms with Gasteiger partial charge in [-0.1, -0.05) is 107 Å². The number of aromatic nitrogens is 2. The van der Waals surface area contributed by atoms with Crippen molar-refractivity contribution in [1.29, 1.82) is 0 Å². The van der Waals surface area contributed by atoms with E-state index in [1.807, 2.05) is 36.4 Å². The van der Waals surface area contributed by atoms with Gasteiger partial charge in [0.25, 0.3) is 13.9 Å². The number of rotatable bonds is 10. The third-order valence-corrected chi connectivity index (χ3v) is 18.9. The highest BCUT2D eigenvalue weighted by Gasteiger charge is 2.55. The molecule has 0 amide bonds. The van der Waals surface area contributed by atoms with Crippen LogP contribution in [0.4, 0.5) is 0 Å². The maximum absolute atomic E-state index is 13.0. The molecule has 0 spiro atoms. The van der Waals surface area contributed by atoms with Crippen molar-refractivity contribution in [3.8, 4) is 0 Å². The third kappa shape index (κ3) is 7.11. The molecule has 4 rings (SSSR count). The minimum Gasteiger partial charge on any atom is -0.416 e. The van der Waals surface area contributed by atoms with Crippen LogP contribution >= 0.6 is 0 Å². The lowest BCUT2D eigenvalue weighted by Crippen LogP contribution is -2.68. The van der Waals surface area contributed by atoms with E-state index < -0.39 is 52.4 Å². The summed E-state index contributed by atoms with van der Waals surface area (Å²) in [6.45, 7) is 19.2. The van der Waals surface area contributed by atoms with E-state index in [1.54, 1.807) is 6.92 Å². The molecular weight excluding hydrogens is 603 g/mol. The molecule has 0 radical (unpaired) electrons. The van der Waals surface area contributed by atoms with Gasteiger partial charge in [0.1, 0.15) is 6.23 Å². The highest BCUT2D eigenvalue weighted by Crippen LogP contribution is 2.43. The molecular formula is C33H47N5O5Si2. The van der Waals surface area contributed by atoms with Gasteiger partial charge in [-0.15, -0.1) is 0 Å². The number of nitrogens with zero attached hydrogens (tertiary/aromatic N) is 4. The third-order valence-electron chi connectivity index (χ3n) is 9.32. The summed E-state index contributed by atoms with van der Waals surface area (Å²) in [6, 6.07) is 19.8. The van der Waals surface area contributed by atoms with E-state index in [1.165, 1.54) is 10.8 Å². The van der Waals surface area contributed by atoms with Crippen molar-refractivity contribution in [2.24, 2.45) is 5.11 Å². The zero-order chi connectivity index (χ0) is 33.2. The summed E-state index contributed by atoms with van der Waals surface area (Å²) in [5.74, 6) is 0. The minimum absolute atomic E-state index is 0.0570. The largest absolute Gasteiger partial charge is 0.416 e. The highest BCUT2D eigenvalue weighted by atomic mass is 28.4. The molecule has 2 aromatic carbocycles. The fraction of sp³-hybridized carbons (Fsp3) is 0.515. The molecule has 1 aliphatic heterocycles. The summed E-state index contributed by atoms with van der Waals surface area (Å²) < 4.78 is 22.1. The van der Waals surface area contributed by atoms with Crippen LogP contribution < -0.4 is 21.6 Å². The summed E-state index contributed by atoms with van der Waals surface area (Å²) in [5.41, 5.74) is 9.09. The van der Waals surface area contributed by atoms with Crippen molar-refractivity contribution < 1.29 is 13.6 Å².